The molecule has 1 aliphatic heterocycles. The van der Waals surface area contributed by atoms with Crippen molar-refractivity contribution in [1.29, 1.82) is 0 Å². The number of methoxy groups -OCH3 is 1. The van der Waals surface area contributed by atoms with Crippen LogP contribution in [0.3, 0.4) is 0 Å². The van der Waals surface area contributed by atoms with Gasteiger partial charge in [0.1, 0.15) is 29.6 Å². The van der Waals surface area contributed by atoms with Crippen molar-refractivity contribution in [2.75, 3.05) is 52.1 Å². The Morgan fingerprint density at radius 2 is 1.51 bits per heavy atom. The highest BCUT2D eigenvalue weighted by Gasteiger charge is 2.15. The van der Waals surface area contributed by atoms with Gasteiger partial charge in [0.05, 0.1) is 11.3 Å². The lowest BCUT2D eigenvalue weighted by molar-refractivity contribution is 0.183. The summed E-state index contributed by atoms with van der Waals surface area (Å²) in [5.74, 6) is 3.36. The Bertz CT molecular complexity index is 1300. The molecule has 0 unspecified atom stereocenters. The molecule has 0 bridgehead atoms. The Kier molecular flexibility index (Phi) is 12.1. The number of rotatable bonds is 10. The van der Waals surface area contributed by atoms with E-state index in [9.17, 15) is 0 Å². The van der Waals surface area contributed by atoms with Gasteiger partial charge in [-0.15, -0.1) is 23.1 Å². The van der Waals surface area contributed by atoms with Crippen molar-refractivity contribution in [3.05, 3.63) is 66.7 Å². The summed E-state index contributed by atoms with van der Waals surface area (Å²) in [4.78, 5) is 3.69. The first kappa shape index (κ1) is 30.0. The normalized spacial score (nSPS) is 13.5. The van der Waals surface area contributed by atoms with Gasteiger partial charge in [0.15, 0.2) is 0 Å². The molecule has 2 heterocycles. The maximum atomic E-state index is 6.54. The second-order valence-electron chi connectivity index (χ2n) is 9.01. The van der Waals surface area contributed by atoms with Crippen LogP contribution in [-0.2, 0) is 0 Å². The van der Waals surface area contributed by atoms with Crippen molar-refractivity contribution in [3.8, 4) is 33.4 Å². The van der Waals surface area contributed by atoms with Crippen LogP contribution in [0.15, 0.2) is 70.9 Å². The highest BCUT2D eigenvalue weighted by atomic mass is 33.1. The largest absolute Gasteiger partial charge is 0.497 e. The average Bonchev–Trinajstić information content (AvgIpc) is 3.48. The second kappa shape index (κ2) is 15.7. The molecule has 8 heteroatoms. The molecule has 1 saturated heterocycles. The van der Waals surface area contributed by atoms with E-state index in [0.29, 0.717) is 6.61 Å². The van der Waals surface area contributed by atoms with E-state index in [2.05, 4.69) is 54.0 Å². The first-order valence-corrected chi connectivity index (χ1v) is 18.1. The number of piperidine rings is 1. The summed E-state index contributed by atoms with van der Waals surface area (Å²) in [7, 11) is 5.24. The van der Waals surface area contributed by atoms with Crippen LogP contribution in [0.1, 0.15) is 19.3 Å². The average molecular weight is 600 g/mol. The molecule has 0 atom stereocenters. The standard InChI is InChI=1S/C29H31NO3S2.C2H6S2/c1-31-24-11-13-25-21(20-24)6-12-26(27-14-15-28(34-2)35-27)29(25)33-23-9-7-22(8-10-23)32-19-18-30-16-4-3-5-17-30;1-3-4-2/h6-15,20H,3-5,16-19H2,1-2H3;1-2H3. The number of likely N-dealkylation sites (tertiary alicyclic amines) is 1. The third-order valence-corrected chi connectivity index (χ3v) is 10.1. The van der Waals surface area contributed by atoms with E-state index in [-0.39, 0.29) is 0 Å². The van der Waals surface area contributed by atoms with Gasteiger partial charge in [-0.1, -0.05) is 34.1 Å². The minimum Gasteiger partial charge on any atom is -0.497 e. The Labute approximate surface area is 249 Å². The number of ether oxygens (including phenoxy) is 3. The van der Waals surface area contributed by atoms with Crippen molar-refractivity contribution >= 4 is 55.5 Å². The van der Waals surface area contributed by atoms with Gasteiger partial charge >= 0.3 is 0 Å². The molecular weight excluding hydrogens is 563 g/mol. The van der Waals surface area contributed by atoms with Gasteiger partial charge in [-0.25, -0.2) is 0 Å². The molecule has 208 valence electrons. The predicted molar refractivity (Wildman–Crippen MR) is 175 cm³/mol. The monoisotopic (exact) mass is 599 g/mol. The molecule has 0 aliphatic carbocycles. The minimum absolute atomic E-state index is 0.714. The molecule has 1 fully saturated rings. The van der Waals surface area contributed by atoms with E-state index in [0.717, 1.165) is 45.9 Å². The van der Waals surface area contributed by atoms with Gasteiger partial charge in [0.2, 0.25) is 0 Å². The lowest BCUT2D eigenvalue weighted by Gasteiger charge is -2.26. The van der Waals surface area contributed by atoms with Crippen molar-refractivity contribution in [3.63, 3.8) is 0 Å². The molecule has 0 N–H and O–H groups in total. The summed E-state index contributed by atoms with van der Waals surface area (Å²) >= 11 is 3.55. The van der Waals surface area contributed by atoms with E-state index < -0.39 is 0 Å². The van der Waals surface area contributed by atoms with Crippen molar-refractivity contribution in [2.24, 2.45) is 0 Å². The third-order valence-electron chi connectivity index (χ3n) is 6.56. The van der Waals surface area contributed by atoms with Gasteiger partial charge in [0.25, 0.3) is 0 Å². The molecule has 5 rings (SSSR count). The second-order valence-corrected chi connectivity index (χ2v) is 13.9. The summed E-state index contributed by atoms with van der Waals surface area (Å²) in [6.07, 6.45) is 10.2. The van der Waals surface area contributed by atoms with Crippen molar-refractivity contribution in [2.45, 2.75) is 23.5 Å². The molecule has 0 spiro atoms. The van der Waals surface area contributed by atoms with Crippen LogP contribution in [0.25, 0.3) is 21.2 Å². The smallest absolute Gasteiger partial charge is 0.143 e. The van der Waals surface area contributed by atoms with Crippen LogP contribution in [-0.4, -0.2) is 57.0 Å². The molecular formula is C31H37NO3S4. The van der Waals surface area contributed by atoms with Crippen LogP contribution >= 0.6 is 44.7 Å². The Morgan fingerprint density at radius 3 is 2.18 bits per heavy atom. The molecule has 0 saturated carbocycles. The number of thiophene rings is 1. The molecule has 1 aliphatic rings. The van der Waals surface area contributed by atoms with Gasteiger partial charge < -0.3 is 14.2 Å². The minimum atomic E-state index is 0.714. The number of benzene rings is 3. The first-order valence-electron chi connectivity index (χ1n) is 13.1. The zero-order chi connectivity index (χ0) is 27.5. The fourth-order valence-corrected chi connectivity index (χ4v) is 6.05. The van der Waals surface area contributed by atoms with Crippen molar-refractivity contribution in [1.82, 2.24) is 4.90 Å². The molecule has 1 aromatic heterocycles. The number of thioether (sulfide) groups is 1. The van der Waals surface area contributed by atoms with Crippen LogP contribution in [0.2, 0.25) is 0 Å². The Hall–Kier alpha value is -1.97. The van der Waals surface area contributed by atoms with Crippen LogP contribution in [0.4, 0.5) is 0 Å². The summed E-state index contributed by atoms with van der Waals surface area (Å²) in [5.41, 5.74) is 1.09. The van der Waals surface area contributed by atoms with Crippen LogP contribution < -0.4 is 14.2 Å². The van der Waals surface area contributed by atoms with Gasteiger partial charge in [-0.2, -0.15) is 0 Å². The predicted octanol–water partition coefficient (Wildman–Crippen LogP) is 9.58. The topological polar surface area (TPSA) is 30.9 Å². The van der Waals surface area contributed by atoms with E-state index in [1.165, 1.54) is 41.4 Å². The third kappa shape index (κ3) is 8.51. The fourth-order valence-electron chi connectivity index (χ4n) is 4.48. The Balaban J connectivity index is 0.000000826. The van der Waals surface area contributed by atoms with Crippen molar-refractivity contribution < 1.29 is 14.2 Å². The first-order chi connectivity index (χ1) is 19.1. The lowest BCUT2D eigenvalue weighted by atomic mass is 10.0. The highest BCUT2D eigenvalue weighted by molar-refractivity contribution is 8.76. The van der Waals surface area contributed by atoms with Gasteiger partial charge in [-0.05, 0) is 111 Å². The molecule has 4 nitrogen and oxygen atoms in total. The molecule has 0 amide bonds. The van der Waals surface area contributed by atoms with Gasteiger partial charge in [0, 0.05) is 22.4 Å². The molecule has 3 aromatic carbocycles. The SMILES string of the molecule is COc1ccc2c(Oc3ccc(OCCN4CCCCC4)cc3)c(-c3ccc(SC)s3)ccc2c1.CSSC. The summed E-state index contributed by atoms with van der Waals surface area (Å²) < 4.78 is 19.3. The maximum Gasteiger partial charge on any atom is 0.143 e. The lowest BCUT2D eigenvalue weighted by Crippen LogP contribution is -2.33. The van der Waals surface area contributed by atoms with E-state index in [1.54, 1.807) is 51.8 Å². The zero-order valence-corrected chi connectivity index (χ0v) is 26.4. The maximum absolute atomic E-state index is 6.54. The number of nitrogens with zero attached hydrogens (tertiary/aromatic N) is 1. The summed E-state index contributed by atoms with van der Waals surface area (Å²) in [5, 5.41) is 2.15. The summed E-state index contributed by atoms with van der Waals surface area (Å²) in [6.45, 7) is 4.09. The highest BCUT2D eigenvalue weighted by Crippen LogP contribution is 2.44. The molecule has 0 radical (unpaired) electrons. The van der Waals surface area contributed by atoms with E-state index >= 15 is 0 Å². The quantitative estimate of drug-likeness (QED) is 0.132. The summed E-state index contributed by atoms with van der Waals surface area (Å²) in [6, 6.07) is 22.7. The Morgan fingerprint density at radius 1 is 0.795 bits per heavy atom. The number of fused-ring (bicyclic) bond motifs is 1. The number of hydrogen-bond acceptors (Lipinski definition) is 8. The fraction of sp³-hybridized carbons (Fsp3) is 0.355. The van der Waals surface area contributed by atoms with Crippen LogP contribution in [0, 0.1) is 0 Å². The molecule has 39 heavy (non-hydrogen) atoms. The zero-order valence-electron chi connectivity index (χ0n) is 23.1. The van der Waals surface area contributed by atoms with Crippen LogP contribution in [0.5, 0.6) is 23.0 Å². The van der Waals surface area contributed by atoms with E-state index in [1.807, 2.05) is 36.4 Å². The van der Waals surface area contributed by atoms with Gasteiger partial charge in [-0.3, -0.25) is 4.90 Å². The molecule has 4 aromatic rings. The number of hydrogen-bond donors (Lipinski definition) is 0. The van der Waals surface area contributed by atoms with E-state index in [4.69, 9.17) is 14.2 Å².